The number of aliphatic hydroxyl groups is 3. The molecule has 4 atom stereocenters. The van der Waals surface area contributed by atoms with Crippen molar-refractivity contribution < 1.29 is 20.1 Å². The molecular formula is C4H9BO4. The fourth-order valence-electron chi connectivity index (χ4n) is 0.827. The van der Waals surface area contributed by atoms with E-state index in [-0.39, 0.29) is 0 Å². The monoisotopic (exact) mass is 132 g/mol. The van der Waals surface area contributed by atoms with E-state index in [2.05, 4.69) is 4.74 Å². The largest absolute Gasteiger partial charge is 0.388 e. The minimum atomic E-state index is -1.23. The topological polar surface area (TPSA) is 69.9 Å². The lowest BCUT2D eigenvalue weighted by molar-refractivity contribution is -0.116. The third-order valence-corrected chi connectivity index (χ3v) is 1.48. The molecule has 2 unspecified atom stereocenters. The molecule has 5 heteroatoms. The molecule has 1 aliphatic heterocycles. The highest BCUT2D eigenvalue weighted by Gasteiger charge is 2.38. The molecule has 0 bridgehead atoms. The van der Waals surface area contributed by atoms with E-state index >= 15 is 0 Å². The molecule has 0 saturated carbocycles. The van der Waals surface area contributed by atoms with Crippen LogP contribution >= 0.6 is 0 Å². The number of hydrogen-bond acceptors (Lipinski definition) is 4. The minimum absolute atomic E-state index is 0.477. The van der Waals surface area contributed by atoms with Crippen molar-refractivity contribution in [3.8, 4) is 0 Å². The summed E-state index contributed by atoms with van der Waals surface area (Å²) in [5.74, 6) is 0. The summed E-state index contributed by atoms with van der Waals surface area (Å²) in [4.78, 5) is 0. The van der Waals surface area contributed by atoms with Gasteiger partial charge in [-0.3, -0.25) is 0 Å². The molecule has 4 nitrogen and oxygen atoms in total. The summed E-state index contributed by atoms with van der Waals surface area (Å²) in [5, 5.41) is 26.4. The van der Waals surface area contributed by atoms with E-state index in [0.717, 1.165) is 0 Å². The average Bonchev–Trinajstić information content (AvgIpc) is 1.98. The number of rotatable bonds is 0. The van der Waals surface area contributed by atoms with Gasteiger partial charge in [-0.1, -0.05) is 0 Å². The maximum absolute atomic E-state index is 8.90. The van der Waals surface area contributed by atoms with Gasteiger partial charge in [0.05, 0.1) is 6.00 Å². The van der Waals surface area contributed by atoms with Gasteiger partial charge in [0.2, 0.25) is 0 Å². The second-order valence-corrected chi connectivity index (χ2v) is 2.21. The molecule has 0 amide bonds. The molecule has 0 spiro atoms. The highest BCUT2D eigenvalue weighted by atomic mass is 16.6. The Kier molecular flexibility index (Phi) is 1.76. The van der Waals surface area contributed by atoms with E-state index in [1.807, 2.05) is 0 Å². The maximum atomic E-state index is 8.90. The van der Waals surface area contributed by atoms with E-state index in [4.69, 9.17) is 15.3 Å². The van der Waals surface area contributed by atoms with Crippen LogP contribution in [0.4, 0.5) is 0 Å². The summed E-state index contributed by atoms with van der Waals surface area (Å²) in [5.41, 5.74) is 0. The lowest BCUT2D eigenvalue weighted by Gasteiger charge is -2.07. The van der Waals surface area contributed by atoms with Crippen LogP contribution in [0.1, 0.15) is 0 Å². The van der Waals surface area contributed by atoms with E-state index in [0.29, 0.717) is 0 Å². The standard InChI is InChI=1S/C4H9BO4/c5-3-1(6)2(7)4(8)9-3/h1-4,6-8H,5H2/t1?,2?,3-,4-/m0/s1. The lowest BCUT2D eigenvalue weighted by Crippen LogP contribution is -2.32. The lowest BCUT2D eigenvalue weighted by atomic mass is 9.94. The Morgan fingerprint density at radius 3 is 1.78 bits per heavy atom. The van der Waals surface area contributed by atoms with Crippen LogP contribution in [0, 0.1) is 0 Å². The molecule has 1 fully saturated rings. The highest BCUT2D eigenvalue weighted by molar-refractivity contribution is 6.11. The molecule has 9 heavy (non-hydrogen) atoms. The zero-order valence-corrected chi connectivity index (χ0v) is 5.06. The zero-order chi connectivity index (χ0) is 7.02. The molecule has 1 aliphatic rings. The molecule has 0 aliphatic carbocycles. The first kappa shape index (κ1) is 7.02. The van der Waals surface area contributed by atoms with Crippen molar-refractivity contribution in [1.82, 2.24) is 0 Å². The van der Waals surface area contributed by atoms with E-state index in [1.54, 1.807) is 7.85 Å². The third-order valence-electron chi connectivity index (χ3n) is 1.48. The first-order chi connectivity index (χ1) is 4.13. The van der Waals surface area contributed by atoms with Crippen LogP contribution in [0.2, 0.25) is 0 Å². The number of hydrogen-bond donors (Lipinski definition) is 3. The molecule has 0 aromatic carbocycles. The summed E-state index contributed by atoms with van der Waals surface area (Å²) in [6.07, 6.45) is -3.34. The van der Waals surface area contributed by atoms with Gasteiger partial charge >= 0.3 is 0 Å². The summed E-state index contributed by atoms with van der Waals surface area (Å²) in [6.45, 7) is 0. The summed E-state index contributed by atoms with van der Waals surface area (Å²) in [7, 11) is 1.59. The SMILES string of the molecule is B[C@H]1O[C@H](O)C(O)C1O. The van der Waals surface area contributed by atoms with Gasteiger partial charge in [-0.2, -0.15) is 0 Å². The fourth-order valence-corrected chi connectivity index (χ4v) is 0.827. The molecule has 0 aromatic rings. The Labute approximate surface area is 53.5 Å². The van der Waals surface area contributed by atoms with Gasteiger partial charge in [0.1, 0.15) is 20.1 Å². The van der Waals surface area contributed by atoms with Gasteiger partial charge in [0.15, 0.2) is 6.29 Å². The first-order valence-electron chi connectivity index (χ1n) is 2.82. The molecular weight excluding hydrogens is 123 g/mol. The van der Waals surface area contributed by atoms with Crippen molar-refractivity contribution in [2.75, 3.05) is 0 Å². The Hall–Kier alpha value is -0.0951. The van der Waals surface area contributed by atoms with Crippen LogP contribution in [-0.2, 0) is 4.74 Å². The summed E-state index contributed by atoms with van der Waals surface area (Å²) >= 11 is 0. The van der Waals surface area contributed by atoms with Crippen LogP contribution in [0.15, 0.2) is 0 Å². The van der Waals surface area contributed by atoms with Crippen LogP contribution in [0.25, 0.3) is 0 Å². The predicted molar refractivity (Wildman–Crippen MR) is 31.4 cm³/mol. The molecule has 0 radical (unpaired) electrons. The zero-order valence-electron chi connectivity index (χ0n) is 5.06. The number of ether oxygens (including phenoxy) is 1. The Bertz CT molecular complexity index is 96.7. The van der Waals surface area contributed by atoms with Crippen molar-refractivity contribution in [1.29, 1.82) is 0 Å². The van der Waals surface area contributed by atoms with Crippen molar-refractivity contribution in [3.63, 3.8) is 0 Å². The van der Waals surface area contributed by atoms with Crippen molar-refractivity contribution >= 4 is 7.85 Å². The van der Waals surface area contributed by atoms with Crippen LogP contribution < -0.4 is 0 Å². The smallest absolute Gasteiger partial charge is 0.183 e. The molecule has 3 N–H and O–H groups in total. The normalized spacial score (nSPS) is 51.9. The summed E-state index contributed by atoms with van der Waals surface area (Å²) < 4.78 is 4.64. The van der Waals surface area contributed by atoms with Crippen LogP contribution in [0.3, 0.4) is 0 Å². The van der Waals surface area contributed by atoms with E-state index in [1.165, 1.54) is 0 Å². The fraction of sp³-hybridized carbons (Fsp3) is 1.00. The average molecular weight is 132 g/mol. The quantitative estimate of drug-likeness (QED) is 0.307. The minimum Gasteiger partial charge on any atom is -0.388 e. The van der Waals surface area contributed by atoms with Crippen LogP contribution in [-0.4, -0.2) is 47.7 Å². The highest BCUT2D eigenvalue weighted by Crippen LogP contribution is 2.16. The first-order valence-corrected chi connectivity index (χ1v) is 2.82. The molecule has 0 aromatic heterocycles. The molecule has 52 valence electrons. The van der Waals surface area contributed by atoms with Gasteiger partial charge < -0.3 is 20.1 Å². The Morgan fingerprint density at radius 1 is 1.11 bits per heavy atom. The van der Waals surface area contributed by atoms with Crippen molar-refractivity contribution in [3.05, 3.63) is 0 Å². The van der Waals surface area contributed by atoms with Gasteiger partial charge in [-0.25, -0.2) is 0 Å². The Morgan fingerprint density at radius 2 is 1.67 bits per heavy atom. The second-order valence-electron chi connectivity index (χ2n) is 2.21. The van der Waals surface area contributed by atoms with E-state index in [9.17, 15) is 0 Å². The van der Waals surface area contributed by atoms with Gasteiger partial charge in [-0.05, 0) is 0 Å². The van der Waals surface area contributed by atoms with Gasteiger partial charge in [0, 0.05) is 0 Å². The molecule has 1 saturated heterocycles. The Balaban J connectivity index is 2.54. The molecule has 1 heterocycles. The van der Waals surface area contributed by atoms with Gasteiger partial charge in [-0.15, -0.1) is 0 Å². The van der Waals surface area contributed by atoms with Gasteiger partial charge in [0.25, 0.3) is 0 Å². The number of aliphatic hydroxyl groups excluding tert-OH is 3. The molecule has 1 rings (SSSR count). The van der Waals surface area contributed by atoms with Crippen molar-refractivity contribution in [2.24, 2.45) is 0 Å². The second kappa shape index (κ2) is 2.26. The predicted octanol–water partition coefficient (Wildman–Crippen LogP) is -2.98. The third kappa shape index (κ3) is 1.09. The van der Waals surface area contributed by atoms with E-state index < -0.39 is 24.5 Å². The van der Waals surface area contributed by atoms with Crippen molar-refractivity contribution in [2.45, 2.75) is 24.5 Å². The van der Waals surface area contributed by atoms with Crippen LogP contribution in [0.5, 0.6) is 0 Å². The summed E-state index contributed by atoms with van der Waals surface area (Å²) in [6, 6.07) is -0.477. The maximum Gasteiger partial charge on any atom is 0.183 e.